The Morgan fingerprint density at radius 1 is 1.23 bits per heavy atom. The number of likely N-dealkylation sites (tertiary alicyclic amines) is 1. The fourth-order valence-corrected chi connectivity index (χ4v) is 4.37. The van der Waals surface area contributed by atoms with Gasteiger partial charge in [0, 0.05) is 50.8 Å². The first kappa shape index (κ1) is 17.7. The number of ether oxygens (including phenoxy) is 2. The number of hydrogen-bond acceptors (Lipinski definition) is 5. The molecule has 2 aromatic heterocycles. The van der Waals surface area contributed by atoms with E-state index in [1.54, 1.807) is 12.5 Å². The Balaban J connectivity index is 1.23. The number of aromatic nitrogens is 1. The Kier molecular flexibility index (Phi) is 5.68. The zero-order valence-corrected chi connectivity index (χ0v) is 15.3. The molecule has 1 atom stereocenters. The van der Waals surface area contributed by atoms with Gasteiger partial charge in [-0.1, -0.05) is 6.07 Å². The van der Waals surface area contributed by atoms with Crippen LogP contribution in [0.1, 0.15) is 36.8 Å². The molecule has 1 spiro atoms. The van der Waals surface area contributed by atoms with E-state index in [9.17, 15) is 0 Å². The predicted octanol–water partition coefficient (Wildman–Crippen LogP) is 3.65. The smallest absolute Gasteiger partial charge is 0.0947 e. The predicted molar refractivity (Wildman–Crippen MR) is 98.5 cm³/mol. The Bertz CT molecular complexity index is 651. The minimum Gasteiger partial charge on any atom is -0.472 e. The van der Waals surface area contributed by atoms with E-state index in [1.165, 1.54) is 5.56 Å². The molecule has 5 heteroatoms. The van der Waals surface area contributed by atoms with Crippen LogP contribution in [0, 0.1) is 5.92 Å². The van der Waals surface area contributed by atoms with Gasteiger partial charge in [-0.05, 0) is 49.3 Å². The van der Waals surface area contributed by atoms with Crippen molar-refractivity contribution in [1.29, 1.82) is 0 Å². The minimum absolute atomic E-state index is 0.0740. The minimum atomic E-state index is 0.0740. The summed E-state index contributed by atoms with van der Waals surface area (Å²) in [6.07, 6.45) is 11.8. The van der Waals surface area contributed by atoms with Crippen molar-refractivity contribution >= 4 is 0 Å². The average molecular weight is 356 g/mol. The first-order chi connectivity index (χ1) is 12.8. The molecule has 4 rings (SSSR count). The van der Waals surface area contributed by atoms with E-state index in [4.69, 9.17) is 13.9 Å². The zero-order valence-electron chi connectivity index (χ0n) is 15.3. The van der Waals surface area contributed by atoms with Gasteiger partial charge in [0.1, 0.15) is 0 Å². The Hall–Kier alpha value is -1.69. The van der Waals surface area contributed by atoms with Gasteiger partial charge in [0.25, 0.3) is 0 Å². The highest BCUT2D eigenvalue weighted by Crippen LogP contribution is 2.42. The van der Waals surface area contributed by atoms with E-state index in [0.29, 0.717) is 12.5 Å². The third-order valence-corrected chi connectivity index (χ3v) is 5.89. The summed E-state index contributed by atoms with van der Waals surface area (Å²) in [5.74, 6) is 0.618. The van der Waals surface area contributed by atoms with E-state index in [-0.39, 0.29) is 5.60 Å². The quantitative estimate of drug-likeness (QED) is 0.709. The van der Waals surface area contributed by atoms with Crippen molar-refractivity contribution in [2.24, 2.45) is 5.92 Å². The monoisotopic (exact) mass is 356 g/mol. The van der Waals surface area contributed by atoms with Gasteiger partial charge in [0.2, 0.25) is 0 Å². The number of rotatable bonds is 7. The van der Waals surface area contributed by atoms with E-state index in [2.05, 4.69) is 22.0 Å². The molecule has 2 aliphatic rings. The van der Waals surface area contributed by atoms with Crippen LogP contribution in [0.4, 0.5) is 0 Å². The van der Waals surface area contributed by atoms with Crippen molar-refractivity contribution in [2.45, 2.75) is 44.4 Å². The standard InChI is InChI=1S/C21H28N2O3/c1-2-18(14-22-8-1)16-25-12-4-20-5-13-26-21(20)6-9-23(10-7-21)15-19-3-11-24-17-19/h1-3,8,11,14,17,20H,4-7,9-10,12-13,15-16H2. The molecular weight excluding hydrogens is 328 g/mol. The van der Waals surface area contributed by atoms with Crippen LogP contribution in [0.15, 0.2) is 47.5 Å². The maximum atomic E-state index is 6.28. The average Bonchev–Trinajstić information content (AvgIpc) is 3.32. The molecule has 0 aromatic carbocycles. The van der Waals surface area contributed by atoms with Gasteiger partial charge in [-0.3, -0.25) is 9.88 Å². The maximum absolute atomic E-state index is 6.28. The zero-order chi connectivity index (χ0) is 17.7. The highest BCUT2D eigenvalue weighted by atomic mass is 16.5. The SMILES string of the molecule is c1cncc(COCCC2CCOC23CCN(Cc2ccoc2)CC3)c1. The first-order valence-corrected chi connectivity index (χ1v) is 9.68. The summed E-state index contributed by atoms with van der Waals surface area (Å²) in [7, 11) is 0. The second-order valence-electron chi connectivity index (χ2n) is 7.51. The van der Waals surface area contributed by atoms with E-state index < -0.39 is 0 Å². The van der Waals surface area contributed by atoms with Gasteiger partial charge >= 0.3 is 0 Å². The number of hydrogen-bond donors (Lipinski definition) is 0. The topological polar surface area (TPSA) is 47.7 Å². The van der Waals surface area contributed by atoms with Crippen molar-refractivity contribution in [2.75, 3.05) is 26.3 Å². The van der Waals surface area contributed by atoms with Crippen LogP contribution in [-0.2, 0) is 22.6 Å². The van der Waals surface area contributed by atoms with Crippen molar-refractivity contribution in [1.82, 2.24) is 9.88 Å². The van der Waals surface area contributed by atoms with Crippen molar-refractivity contribution in [3.05, 3.63) is 54.2 Å². The maximum Gasteiger partial charge on any atom is 0.0947 e. The summed E-state index contributed by atoms with van der Waals surface area (Å²) in [5.41, 5.74) is 2.47. The fourth-order valence-electron chi connectivity index (χ4n) is 4.37. The number of nitrogens with zero attached hydrogens (tertiary/aromatic N) is 2. The summed E-state index contributed by atoms with van der Waals surface area (Å²) in [6, 6.07) is 6.07. The van der Waals surface area contributed by atoms with Gasteiger partial charge in [-0.15, -0.1) is 0 Å². The Morgan fingerprint density at radius 3 is 2.92 bits per heavy atom. The molecule has 2 aliphatic heterocycles. The Morgan fingerprint density at radius 2 is 2.15 bits per heavy atom. The van der Waals surface area contributed by atoms with Crippen LogP contribution in [0.25, 0.3) is 0 Å². The second kappa shape index (κ2) is 8.33. The van der Waals surface area contributed by atoms with Gasteiger partial charge < -0.3 is 13.9 Å². The lowest BCUT2D eigenvalue weighted by atomic mass is 9.78. The van der Waals surface area contributed by atoms with Gasteiger partial charge in [-0.25, -0.2) is 0 Å². The molecule has 26 heavy (non-hydrogen) atoms. The van der Waals surface area contributed by atoms with E-state index in [1.807, 2.05) is 18.5 Å². The third-order valence-electron chi connectivity index (χ3n) is 5.89. The largest absolute Gasteiger partial charge is 0.472 e. The van der Waals surface area contributed by atoms with Crippen molar-refractivity contribution < 1.29 is 13.9 Å². The highest BCUT2D eigenvalue weighted by Gasteiger charge is 2.45. The number of furan rings is 1. The molecule has 0 amide bonds. The summed E-state index contributed by atoms with van der Waals surface area (Å²) < 4.78 is 17.4. The molecule has 0 N–H and O–H groups in total. The van der Waals surface area contributed by atoms with Crippen LogP contribution < -0.4 is 0 Å². The molecule has 2 aromatic rings. The van der Waals surface area contributed by atoms with Gasteiger partial charge in [0.15, 0.2) is 0 Å². The van der Waals surface area contributed by atoms with Crippen LogP contribution in [0.5, 0.6) is 0 Å². The molecule has 5 nitrogen and oxygen atoms in total. The third kappa shape index (κ3) is 4.17. The van der Waals surface area contributed by atoms with Gasteiger partial charge in [-0.2, -0.15) is 0 Å². The van der Waals surface area contributed by atoms with Crippen LogP contribution in [0.2, 0.25) is 0 Å². The fraction of sp³-hybridized carbons (Fsp3) is 0.571. The second-order valence-corrected chi connectivity index (χ2v) is 7.51. The van der Waals surface area contributed by atoms with E-state index in [0.717, 1.165) is 64.1 Å². The van der Waals surface area contributed by atoms with Crippen molar-refractivity contribution in [3.8, 4) is 0 Å². The molecule has 0 aliphatic carbocycles. The van der Waals surface area contributed by atoms with Gasteiger partial charge in [0.05, 0.1) is 24.7 Å². The molecule has 2 fully saturated rings. The normalized spacial score (nSPS) is 22.8. The summed E-state index contributed by atoms with van der Waals surface area (Å²) in [4.78, 5) is 6.64. The number of piperidine rings is 1. The molecule has 1 unspecified atom stereocenters. The molecule has 2 saturated heterocycles. The Labute approximate surface area is 155 Å². The summed E-state index contributed by atoms with van der Waals surface area (Å²) in [5, 5.41) is 0. The summed E-state index contributed by atoms with van der Waals surface area (Å²) >= 11 is 0. The van der Waals surface area contributed by atoms with Crippen molar-refractivity contribution in [3.63, 3.8) is 0 Å². The molecule has 4 heterocycles. The molecule has 0 radical (unpaired) electrons. The lowest BCUT2D eigenvalue weighted by Gasteiger charge is -2.42. The molecule has 140 valence electrons. The molecular formula is C21H28N2O3. The van der Waals surface area contributed by atoms with Crippen LogP contribution in [-0.4, -0.2) is 41.8 Å². The highest BCUT2D eigenvalue weighted by molar-refractivity contribution is 5.07. The van der Waals surface area contributed by atoms with Crippen LogP contribution >= 0.6 is 0 Å². The summed E-state index contributed by atoms with van der Waals surface area (Å²) in [6.45, 7) is 5.51. The van der Waals surface area contributed by atoms with Crippen LogP contribution in [0.3, 0.4) is 0 Å². The lowest BCUT2D eigenvalue weighted by molar-refractivity contribution is -0.0733. The lowest BCUT2D eigenvalue weighted by Crippen LogP contribution is -2.47. The molecule has 0 saturated carbocycles. The number of pyridine rings is 1. The molecule has 0 bridgehead atoms. The van der Waals surface area contributed by atoms with E-state index >= 15 is 0 Å². The first-order valence-electron chi connectivity index (χ1n) is 9.68.